The standard InChI is InChI=1S/C12H21N3O3S/c1-3-14-19(17,18)10-5-6-11(13)12(9-10)15(4-2)7-8-16/h5-6,9,14,16H,3-4,7-8,13H2,1-2H3. The molecule has 0 spiro atoms. The summed E-state index contributed by atoms with van der Waals surface area (Å²) in [5, 5.41) is 9.02. The number of hydrogen-bond acceptors (Lipinski definition) is 5. The number of aliphatic hydroxyl groups is 1. The molecular formula is C12H21N3O3S. The van der Waals surface area contributed by atoms with Crippen LogP contribution in [0.5, 0.6) is 0 Å². The zero-order valence-electron chi connectivity index (χ0n) is 11.3. The number of nitrogens with two attached hydrogens (primary N) is 1. The van der Waals surface area contributed by atoms with Crippen molar-refractivity contribution in [2.24, 2.45) is 0 Å². The lowest BCUT2D eigenvalue weighted by molar-refractivity contribution is 0.302. The average Bonchev–Trinajstić information content (AvgIpc) is 2.36. The van der Waals surface area contributed by atoms with Crippen molar-refractivity contribution in [3.05, 3.63) is 18.2 Å². The maximum Gasteiger partial charge on any atom is 0.240 e. The number of rotatable bonds is 7. The van der Waals surface area contributed by atoms with E-state index in [2.05, 4.69) is 4.72 Å². The summed E-state index contributed by atoms with van der Waals surface area (Å²) >= 11 is 0. The van der Waals surface area contributed by atoms with Crippen molar-refractivity contribution in [1.82, 2.24) is 4.72 Å². The normalized spacial score (nSPS) is 11.5. The summed E-state index contributed by atoms with van der Waals surface area (Å²) in [6, 6.07) is 4.58. The number of likely N-dealkylation sites (N-methyl/N-ethyl adjacent to an activating group) is 1. The van der Waals surface area contributed by atoms with Crippen LogP contribution in [0.15, 0.2) is 23.1 Å². The first-order valence-electron chi connectivity index (χ1n) is 6.21. The van der Waals surface area contributed by atoms with Crippen LogP contribution in [0.3, 0.4) is 0 Å². The Balaban J connectivity index is 3.20. The van der Waals surface area contributed by atoms with Crippen LogP contribution in [-0.2, 0) is 10.0 Å². The number of nitrogen functional groups attached to an aromatic ring is 1. The van der Waals surface area contributed by atoms with Gasteiger partial charge in [-0.1, -0.05) is 6.92 Å². The number of nitrogens with zero attached hydrogens (tertiary/aromatic N) is 1. The van der Waals surface area contributed by atoms with Gasteiger partial charge in [-0.3, -0.25) is 0 Å². The molecule has 0 saturated carbocycles. The molecule has 19 heavy (non-hydrogen) atoms. The minimum Gasteiger partial charge on any atom is -0.397 e. The summed E-state index contributed by atoms with van der Waals surface area (Å²) in [6.07, 6.45) is 0. The van der Waals surface area contributed by atoms with Crippen LogP contribution in [0.2, 0.25) is 0 Å². The molecule has 0 bridgehead atoms. The molecule has 4 N–H and O–H groups in total. The molecule has 0 fully saturated rings. The van der Waals surface area contributed by atoms with Gasteiger partial charge < -0.3 is 15.7 Å². The van der Waals surface area contributed by atoms with E-state index in [0.29, 0.717) is 31.0 Å². The Morgan fingerprint density at radius 3 is 2.58 bits per heavy atom. The van der Waals surface area contributed by atoms with Crippen LogP contribution >= 0.6 is 0 Å². The Hall–Kier alpha value is -1.31. The maximum atomic E-state index is 11.9. The number of hydrogen-bond donors (Lipinski definition) is 3. The summed E-state index contributed by atoms with van der Waals surface area (Å²) < 4.78 is 26.3. The summed E-state index contributed by atoms with van der Waals surface area (Å²) in [4.78, 5) is 2.01. The smallest absolute Gasteiger partial charge is 0.240 e. The minimum absolute atomic E-state index is 0.0164. The molecule has 0 aliphatic heterocycles. The lowest BCUT2D eigenvalue weighted by atomic mass is 10.2. The van der Waals surface area contributed by atoms with Crippen LogP contribution in [-0.4, -0.2) is 39.8 Å². The largest absolute Gasteiger partial charge is 0.397 e. The molecule has 0 heterocycles. The van der Waals surface area contributed by atoms with Gasteiger partial charge in [0.1, 0.15) is 0 Å². The Labute approximate surface area is 114 Å². The molecule has 0 aliphatic rings. The second-order valence-electron chi connectivity index (χ2n) is 4.03. The van der Waals surface area contributed by atoms with E-state index < -0.39 is 10.0 Å². The second-order valence-corrected chi connectivity index (χ2v) is 5.79. The van der Waals surface area contributed by atoms with Gasteiger partial charge in [0.2, 0.25) is 10.0 Å². The third-order valence-corrected chi connectivity index (χ3v) is 4.28. The van der Waals surface area contributed by atoms with Crippen LogP contribution in [0.4, 0.5) is 11.4 Å². The number of benzene rings is 1. The Morgan fingerprint density at radius 2 is 2.05 bits per heavy atom. The van der Waals surface area contributed by atoms with Crippen molar-refractivity contribution in [1.29, 1.82) is 0 Å². The first-order valence-corrected chi connectivity index (χ1v) is 7.69. The fourth-order valence-corrected chi connectivity index (χ4v) is 2.87. The van der Waals surface area contributed by atoms with Gasteiger partial charge in [0.25, 0.3) is 0 Å². The van der Waals surface area contributed by atoms with E-state index >= 15 is 0 Å². The first-order chi connectivity index (χ1) is 8.96. The molecule has 108 valence electrons. The predicted molar refractivity (Wildman–Crippen MR) is 76.7 cm³/mol. The minimum atomic E-state index is -3.50. The molecule has 0 amide bonds. The van der Waals surface area contributed by atoms with Gasteiger partial charge in [-0.05, 0) is 25.1 Å². The molecule has 1 aromatic rings. The molecule has 0 saturated heterocycles. The molecule has 0 aliphatic carbocycles. The fraction of sp³-hybridized carbons (Fsp3) is 0.500. The monoisotopic (exact) mass is 287 g/mol. The summed E-state index contributed by atoms with van der Waals surface area (Å²) in [5.41, 5.74) is 6.99. The molecule has 7 heteroatoms. The summed E-state index contributed by atoms with van der Waals surface area (Å²) in [6.45, 7) is 4.99. The Morgan fingerprint density at radius 1 is 1.37 bits per heavy atom. The highest BCUT2D eigenvalue weighted by atomic mass is 32.2. The zero-order valence-corrected chi connectivity index (χ0v) is 12.1. The third-order valence-electron chi connectivity index (χ3n) is 2.74. The molecular weight excluding hydrogens is 266 g/mol. The maximum absolute atomic E-state index is 11.9. The van der Waals surface area contributed by atoms with E-state index in [1.807, 2.05) is 11.8 Å². The van der Waals surface area contributed by atoms with Crippen LogP contribution in [0.25, 0.3) is 0 Å². The number of nitrogens with one attached hydrogen (secondary N) is 1. The molecule has 0 radical (unpaired) electrons. The molecule has 1 aromatic carbocycles. The van der Waals surface area contributed by atoms with Crippen LogP contribution < -0.4 is 15.4 Å². The van der Waals surface area contributed by atoms with E-state index in [9.17, 15) is 8.42 Å². The molecule has 0 atom stereocenters. The van der Waals surface area contributed by atoms with Crippen molar-refractivity contribution < 1.29 is 13.5 Å². The average molecular weight is 287 g/mol. The van der Waals surface area contributed by atoms with E-state index in [1.165, 1.54) is 12.1 Å². The van der Waals surface area contributed by atoms with E-state index in [1.54, 1.807) is 13.0 Å². The van der Waals surface area contributed by atoms with Crippen molar-refractivity contribution in [3.8, 4) is 0 Å². The van der Waals surface area contributed by atoms with Crippen LogP contribution in [0, 0.1) is 0 Å². The van der Waals surface area contributed by atoms with Crippen molar-refractivity contribution in [3.63, 3.8) is 0 Å². The van der Waals surface area contributed by atoms with Gasteiger partial charge in [0.05, 0.1) is 22.9 Å². The quantitative estimate of drug-likeness (QED) is 0.630. The lowest BCUT2D eigenvalue weighted by Gasteiger charge is -2.24. The van der Waals surface area contributed by atoms with Gasteiger partial charge in [0.15, 0.2) is 0 Å². The zero-order chi connectivity index (χ0) is 14.5. The van der Waals surface area contributed by atoms with E-state index in [4.69, 9.17) is 10.8 Å². The molecule has 0 aromatic heterocycles. The van der Waals surface area contributed by atoms with Crippen LogP contribution in [0.1, 0.15) is 13.8 Å². The number of sulfonamides is 1. The highest BCUT2D eigenvalue weighted by Gasteiger charge is 2.16. The van der Waals surface area contributed by atoms with Gasteiger partial charge in [-0.15, -0.1) is 0 Å². The highest BCUT2D eigenvalue weighted by Crippen LogP contribution is 2.26. The molecule has 0 unspecified atom stereocenters. The molecule has 1 rings (SSSR count). The Bertz CT molecular complexity index is 517. The summed E-state index contributed by atoms with van der Waals surface area (Å²) in [5.74, 6) is 0. The second kappa shape index (κ2) is 6.74. The van der Waals surface area contributed by atoms with E-state index in [-0.39, 0.29) is 11.5 Å². The van der Waals surface area contributed by atoms with Gasteiger partial charge >= 0.3 is 0 Å². The van der Waals surface area contributed by atoms with Crippen molar-refractivity contribution in [2.45, 2.75) is 18.7 Å². The van der Waals surface area contributed by atoms with Gasteiger partial charge in [-0.2, -0.15) is 0 Å². The molecule has 6 nitrogen and oxygen atoms in total. The third kappa shape index (κ3) is 3.82. The predicted octanol–water partition coefficient (Wildman–Crippen LogP) is 0.386. The first kappa shape index (κ1) is 15.7. The summed E-state index contributed by atoms with van der Waals surface area (Å²) in [7, 11) is -3.50. The topological polar surface area (TPSA) is 95.7 Å². The van der Waals surface area contributed by atoms with E-state index in [0.717, 1.165) is 0 Å². The SMILES string of the molecule is CCNS(=O)(=O)c1ccc(N)c(N(CC)CCO)c1. The fourth-order valence-electron chi connectivity index (χ4n) is 1.81. The number of anilines is 2. The van der Waals surface area contributed by atoms with Gasteiger partial charge in [0, 0.05) is 19.6 Å². The highest BCUT2D eigenvalue weighted by molar-refractivity contribution is 7.89. The lowest BCUT2D eigenvalue weighted by Crippen LogP contribution is -2.28. The number of aliphatic hydroxyl groups excluding tert-OH is 1. The van der Waals surface area contributed by atoms with Crippen molar-refractivity contribution >= 4 is 21.4 Å². The Kier molecular flexibility index (Phi) is 5.59. The van der Waals surface area contributed by atoms with Crippen molar-refractivity contribution in [2.75, 3.05) is 36.9 Å². The van der Waals surface area contributed by atoms with Gasteiger partial charge in [-0.25, -0.2) is 13.1 Å².